The number of aromatic nitrogens is 2. The largest absolute Gasteiger partial charge is 0.322 e. The summed E-state index contributed by atoms with van der Waals surface area (Å²) in [6, 6.07) is 0. The molecule has 0 saturated carbocycles. The van der Waals surface area contributed by atoms with E-state index < -0.39 is 4.92 Å². The van der Waals surface area contributed by atoms with Crippen molar-refractivity contribution in [3.63, 3.8) is 0 Å². The molecule has 0 aromatic carbocycles. The number of aromatic amines is 1. The molecule has 1 rings (SSSR count). The van der Waals surface area contributed by atoms with Gasteiger partial charge in [0.05, 0.1) is 11.1 Å². The van der Waals surface area contributed by atoms with E-state index in [-0.39, 0.29) is 10.3 Å². The Morgan fingerprint density at radius 1 is 1.90 bits per heavy atom. The zero-order valence-electron chi connectivity index (χ0n) is 5.20. The highest BCUT2D eigenvalue weighted by atomic mass is 32.1. The van der Waals surface area contributed by atoms with E-state index in [1.165, 1.54) is 10.9 Å². The van der Waals surface area contributed by atoms with Crippen LogP contribution in [-0.2, 0) is 7.05 Å². The third-order valence-corrected chi connectivity index (χ3v) is 1.60. The van der Waals surface area contributed by atoms with Crippen LogP contribution in [0.5, 0.6) is 0 Å². The summed E-state index contributed by atoms with van der Waals surface area (Å²) >= 11 is 4.69. The fourth-order valence-corrected chi connectivity index (χ4v) is 0.767. The average molecular weight is 159 g/mol. The second kappa shape index (κ2) is 2.22. The first-order valence-electron chi connectivity index (χ1n) is 2.51. The average Bonchev–Trinajstić information content (AvgIpc) is 2.14. The third-order valence-electron chi connectivity index (χ3n) is 1.12. The Hall–Kier alpha value is -1.17. The molecule has 0 unspecified atom stereocenters. The van der Waals surface area contributed by atoms with E-state index in [0.29, 0.717) is 0 Å². The number of hydrogen-bond acceptors (Lipinski definition) is 3. The topological polar surface area (TPSA) is 63.9 Å². The number of nitrogens with one attached hydrogen (secondary N) is 1. The lowest BCUT2D eigenvalue weighted by atomic mass is 10.6. The van der Waals surface area contributed by atoms with Crippen LogP contribution in [0.3, 0.4) is 0 Å². The van der Waals surface area contributed by atoms with E-state index in [4.69, 9.17) is 12.2 Å². The fourth-order valence-electron chi connectivity index (χ4n) is 0.581. The van der Waals surface area contributed by atoms with Gasteiger partial charge in [-0.15, -0.1) is 0 Å². The minimum absolute atomic E-state index is 0.0579. The van der Waals surface area contributed by atoms with Crippen LogP contribution in [0.4, 0.5) is 5.69 Å². The van der Waals surface area contributed by atoms with Crippen LogP contribution in [0.25, 0.3) is 0 Å². The van der Waals surface area contributed by atoms with Crippen LogP contribution in [0.15, 0.2) is 6.20 Å². The quantitative estimate of drug-likeness (QED) is 0.377. The predicted molar refractivity (Wildman–Crippen MR) is 37.3 cm³/mol. The van der Waals surface area contributed by atoms with E-state index in [9.17, 15) is 10.1 Å². The smallest absolute Gasteiger partial charge is 0.298 e. The van der Waals surface area contributed by atoms with Gasteiger partial charge in [0.1, 0.15) is 0 Å². The molecule has 1 aromatic heterocycles. The van der Waals surface area contributed by atoms with Gasteiger partial charge in [-0.05, 0) is 0 Å². The van der Waals surface area contributed by atoms with Crippen molar-refractivity contribution in [1.82, 2.24) is 9.78 Å². The molecule has 0 aliphatic carbocycles. The van der Waals surface area contributed by atoms with Gasteiger partial charge in [0.25, 0.3) is 0 Å². The summed E-state index contributed by atoms with van der Waals surface area (Å²) in [5.41, 5.74) is -0.0579. The summed E-state index contributed by atoms with van der Waals surface area (Å²) in [5.74, 6) is 0. The highest BCUT2D eigenvalue weighted by molar-refractivity contribution is 7.71. The first-order chi connectivity index (χ1) is 4.63. The normalized spacial score (nSPS) is 9.70. The molecule has 1 heterocycles. The second-order valence-corrected chi connectivity index (χ2v) is 2.17. The molecule has 0 amide bonds. The van der Waals surface area contributed by atoms with E-state index in [2.05, 4.69) is 5.10 Å². The molecule has 0 atom stereocenters. The molecule has 0 saturated heterocycles. The van der Waals surface area contributed by atoms with Crippen molar-refractivity contribution in [3.8, 4) is 0 Å². The molecule has 1 N–H and O–H groups in total. The number of nitrogens with zero attached hydrogens (tertiary/aromatic N) is 2. The maximum absolute atomic E-state index is 10.1. The molecule has 0 fully saturated rings. The van der Waals surface area contributed by atoms with E-state index in [1.807, 2.05) is 0 Å². The van der Waals surface area contributed by atoms with Gasteiger partial charge < -0.3 is 0 Å². The van der Waals surface area contributed by atoms with E-state index >= 15 is 0 Å². The molecule has 6 heteroatoms. The van der Waals surface area contributed by atoms with Crippen LogP contribution < -0.4 is 0 Å². The lowest BCUT2D eigenvalue weighted by Gasteiger charge is -1.83. The van der Waals surface area contributed by atoms with Gasteiger partial charge in [-0.1, -0.05) is 12.2 Å². The van der Waals surface area contributed by atoms with Gasteiger partial charge in [0.2, 0.25) is 4.64 Å². The zero-order valence-corrected chi connectivity index (χ0v) is 6.01. The van der Waals surface area contributed by atoms with Crippen molar-refractivity contribution in [2.24, 2.45) is 7.05 Å². The Morgan fingerprint density at radius 2 is 2.50 bits per heavy atom. The van der Waals surface area contributed by atoms with Crippen molar-refractivity contribution in [2.75, 3.05) is 0 Å². The molecule has 54 valence electrons. The summed E-state index contributed by atoms with van der Waals surface area (Å²) in [7, 11) is 1.62. The summed E-state index contributed by atoms with van der Waals surface area (Å²) in [4.78, 5) is 9.63. The Labute approximate surface area is 61.4 Å². The summed E-state index contributed by atoms with van der Waals surface area (Å²) in [5, 5.41) is 12.7. The second-order valence-electron chi connectivity index (χ2n) is 1.78. The minimum atomic E-state index is -0.515. The van der Waals surface area contributed by atoms with Crippen molar-refractivity contribution in [2.45, 2.75) is 0 Å². The Morgan fingerprint density at radius 3 is 2.70 bits per heavy atom. The van der Waals surface area contributed by atoms with Crippen molar-refractivity contribution < 1.29 is 4.92 Å². The van der Waals surface area contributed by atoms with Gasteiger partial charge in [0, 0.05) is 7.05 Å². The Kier molecular flexibility index (Phi) is 1.54. The molecule has 0 radical (unpaired) electrons. The highest BCUT2D eigenvalue weighted by Gasteiger charge is 2.09. The molecule has 1 aromatic rings. The summed E-state index contributed by atoms with van der Waals surface area (Å²) < 4.78 is 1.62. The SMILES string of the molecule is Cn1[nH]cc([N+](=O)[O-])c1=S. The van der Waals surface area contributed by atoms with Gasteiger partial charge in [-0.25, -0.2) is 0 Å². The first-order valence-corrected chi connectivity index (χ1v) is 2.92. The molecule has 0 spiro atoms. The van der Waals surface area contributed by atoms with Crippen LogP contribution in [0, 0.1) is 14.8 Å². The van der Waals surface area contributed by atoms with Crippen LogP contribution in [0.2, 0.25) is 0 Å². The van der Waals surface area contributed by atoms with Gasteiger partial charge in [-0.3, -0.25) is 19.9 Å². The van der Waals surface area contributed by atoms with Crippen LogP contribution >= 0.6 is 12.2 Å². The van der Waals surface area contributed by atoms with Crippen molar-refractivity contribution >= 4 is 17.9 Å². The van der Waals surface area contributed by atoms with Gasteiger partial charge in [-0.2, -0.15) is 0 Å². The maximum Gasteiger partial charge on any atom is 0.322 e. The van der Waals surface area contributed by atoms with E-state index in [1.54, 1.807) is 7.05 Å². The summed E-state index contributed by atoms with van der Waals surface area (Å²) in [6.45, 7) is 0. The molecule has 10 heavy (non-hydrogen) atoms. The fraction of sp³-hybridized carbons (Fsp3) is 0.250. The Bertz CT molecular complexity index is 313. The Balaban J connectivity index is 3.32. The third kappa shape index (κ3) is 0.926. The van der Waals surface area contributed by atoms with Gasteiger partial charge >= 0.3 is 5.69 Å². The number of nitro groups is 1. The molecular formula is C4H5N3O2S. The van der Waals surface area contributed by atoms with Crippen LogP contribution in [0.1, 0.15) is 0 Å². The molecule has 0 bridgehead atoms. The van der Waals surface area contributed by atoms with Gasteiger partial charge in [0.15, 0.2) is 0 Å². The number of rotatable bonds is 1. The monoisotopic (exact) mass is 159 g/mol. The van der Waals surface area contributed by atoms with Crippen LogP contribution in [-0.4, -0.2) is 14.7 Å². The predicted octanol–water partition coefficient (Wildman–Crippen LogP) is 0.991. The standard InChI is InChI=1S/C4H5N3O2S/c1-6-4(10)3(2-5-6)7(8)9/h2,5H,1H3. The van der Waals surface area contributed by atoms with Crippen molar-refractivity contribution in [1.29, 1.82) is 0 Å². The molecule has 0 aliphatic rings. The lowest BCUT2D eigenvalue weighted by Crippen LogP contribution is -1.89. The lowest BCUT2D eigenvalue weighted by molar-refractivity contribution is -0.385. The number of aryl methyl sites for hydroxylation is 1. The maximum atomic E-state index is 10.1. The van der Waals surface area contributed by atoms with Crippen molar-refractivity contribution in [3.05, 3.63) is 21.0 Å². The number of hydrogen-bond donors (Lipinski definition) is 1. The number of H-pyrrole nitrogens is 1. The zero-order chi connectivity index (χ0) is 7.72. The molecule has 5 nitrogen and oxygen atoms in total. The van der Waals surface area contributed by atoms with E-state index in [0.717, 1.165) is 0 Å². The minimum Gasteiger partial charge on any atom is -0.298 e. The highest BCUT2D eigenvalue weighted by Crippen LogP contribution is 2.09. The molecule has 0 aliphatic heterocycles. The first kappa shape index (κ1) is 6.94. The molecular weight excluding hydrogens is 154 g/mol. The summed E-state index contributed by atoms with van der Waals surface area (Å²) in [6.07, 6.45) is 1.27.